The number of amides is 1. The number of hydrogen-bond donors (Lipinski definition) is 3. The van der Waals surface area contributed by atoms with E-state index in [0.717, 1.165) is 5.56 Å². The van der Waals surface area contributed by atoms with E-state index in [1.807, 2.05) is 0 Å². The van der Waals surface area contributed by atoms with Crippen LogP contribution >= 0.6 is 0 Å². The van der Waals surface area contributed by atoms with Gasteiger partial charge in [-0.05, 0) is 29.8 Å². The number of benzene rings is 1. The summed E-state index contributed by atoms with van der Waals surface area (Å²) in [6, 6.07) is 8.36. The molecule has 6 heteroatoms. The Kier molecular flexibility index (Phi) is 4.05. The zero-order valence-corrected chi connectivity index (χ0v) is 11.1. The summed E-state index contributed by atoms with van der Waals surface area (Å²) in [5.74, 6) is 0.252. The lowest BCUT2D eigenvalue weighted by molar-refractivity contribution is 0.0952. The van der Waals surface area contributed by atoms with Crippen LogP contribution in [0.1, 0.15) is 15.9 Å². The van der Waals surface area contributed by atoms with E-state index < -0.39 is 0 Å². The number of nitrogens with zero attached hydrogens (tertiary/aromatic N) is 1. The number of rotatable bonds is 4. The molecular formula is C14H16N4O2. The van der Waals surface area contributed by atoms with Crippen molar-refractivity contribution in [2.45, 2.75) is 6.54 Å². The number of nitrogen functional groups attached to an aromatic ring is 2. The van der Waals surface area contributed by atoms with E-state index in [4.69, 9.17) is 16.2 Å². The van der Waals surface area contributed by atoms with E-state index in [1.54, 1.807) is 43.6 Å². The zero-order valence-electron chi connectivity index (χ0n) is 11.1. The maximum atomic E-state index is 12.0. The van der Waals surface area contributed by atoms with Crippen LogP contribution in [-0.2, 0) is 6.54 Å². The molecule has 2 rings (SSSR count). The third-order valence-electron chi connectivity index (χ3n) is 2.78. The van der Waals surface area contributed by atoms with Gasteiger partial charge in [-0.1, -0.05) is 0 Å². The van der Waals surface area contributed by atoms with Gasteiger partial charge in [-0.2, -0.15) is 0 Å². The van der Waals surface area contributed by atoms with Crippen LogP contribution in [-0.4, -0.2) is 18.0 Å². The Morgan fingerprint density at radius 2 is 2.10 bits per heavy atom. The van der Waals surface area contributed by atoms with Gasteiger partial charge in [0.25, 0.3) is 5.91 Å². The molecule has 0 radical (unpaired) electrons. The summed E-state index contributed by atoms with van der Waals surface area (Å²) in [6.07, 6.45) is 1.62. The second-order valence-electron chi connectivity index (χ2n) is 4.24. The van der Waals surface area contributed by atoms with Crippen molar-refractivity contribution in [1.82, 2.24) is 10.3 Å². The summed E-state index contributed by atoms with van der Waals surface area (Å²) in [5, 5.41) is 2.78. The number of methoxy groups -OCH3 is 1. The quantitative estimate of drug-likeness (QED) is 0.725. The van der Waals surface area contributed by atoms with E-state index in [9.17, 15) is 4.79 Å². The maximum Gasteiger partial charge on any atom is 0.253 e. The van der Waals surface area contributed by atoms with Gasteiger partial charge < -0.3 is 21.5 Å². The molecule has 0 fully saturated rings. The standard InChI is InChI=1S/C14H16N4O2/c1-20-13-6-9(4-5-17-13)8-18-14(19)11-3-2-10(15)7-12(11)16/h2-7H,8,15-16H2,1H3,(H,18,19). The summed E-state index contributed by atoms with van der Waals surface area (Å²) in [6.45, 7) is 0.363. The summed E-state index contributed by atoms with van der Waals surface area (Å²) < 4.78 is 5.02. The van der Waals surface area contributed by atoms with E-state index >= 15 is 0 Å². The van der Waals surface area contributed by atoms with Crippen molar-refractivity contribution in [3.63, 3.8) is 0 Å². The summed E-state index contributed by atoms with van der Waals surface area (Å²) in [4.78, 5) is 16.0. The Morgan fingerprint density at radius 3 is 2.80 bits per heavy atom. The topological polar surface area (TPSA) is 103 Å². The van der Waals surface area contributed by atoms with E-state index in [-0.39, 0.29) is 5.91 Å². The number of anilines is 2. The van der Waals surface area contributed by atoms with E-state index in [0.29, 0.717) is 29.4 Å². The van der Waals surface area contributed by atoms with Crippen molar-refractivity contribution in [3.05, 3.63) is 47.7 Å². The number of aromatic nitrogens is 1. The molecule has 1 aromatic carbocycles. The first-order valence-electron chi connectivity index (χ1n) is 6.02. The SMILES string of the molecule is COc1cc(CNC(=O)c2ccc(N)cc2N)ccn1. The number of hydrogen-bond acceptors (Lipinski definition) is 5. The molecule has 0 bridgehead atoms. The highest BCUT2D eigenvalue weighted by Crippen LogP contribution is 2.16. The molecule has 0 aliphatic heterocycles. The molecule has 0 saturated heterocycles. The molecule has 1 heterocycles. The number of carbonyl (C=O) groups is 1. The minimum Gasteiger partial charge on any atom is -0.481 e. The fourth-order valence-corrected chi connectivity index (χ4v) is 1.74. The van der Waals surface area contributed by atoms with Gasteiger partial charge in [-0.15, -0.1) is 0 Å². The molecule has 2 aromatic rings. The molecular weight excluding hydrogens is 256 g/mol. The Morgan fingerprint density at radius 1 is 1.30 bits per heavy atom. The van der Waals surface area contributed by atoms with E-state index in [2.05, 4.69) is 10.3 Å². The fraction of sp³-hybridized carbons (Fsp3) is 0.143. The molecule has 0 unspecified atom stereocenters. The molecule has 1 aromatic heterocycles. The van der Waals surface area contributed by atoms with Gasteiger partial charge in [0.1, 0.15) is 0 Å². The van der Waals surface area contributed by atoms with E-state index in [1.165, 1.54) is 0 Å². The third kappa shape index (κ3) is 3.17. The normalized spacial score (nSPS) is 10.1. The van der Waals surface area contributed by atoms with Crippen LogP contribution in [0.15, 0.2) is 36.5 Å². The minimum atomic E-state index is -0.252. The Balaban J connectivity index is 2.04. The first kappa shape index (κ1) is 13.7. The first-order chi connectivity index (χ1) is 9.60. The zero-order chi connectivity index (χ0) is 14.5. The van der Waals surface area contributed by atoms with Crippen molar-refractivity contribution in [3.8, 4) is 5.88 Å². The van der Waals surface area contributed by atoms with Crippen molar-refractivity contribution in [2.24, 2.45) is 0 Å². The van der Waals surface area contributed by atoms with Crippen LogP contribution in [0.2, 0.25) is 0 Å². The van der Waals surface area contributed by atoms with Crippen LogP contribution in [0.5, 0.6) is 5.88 Å². The summed E-state index contributed by atoms with van der Waals surface area (Å²) in [7, 11) is 1.54. The molecule has 0 aliphatic carbocycles. The predicted molar refractivity (Wildman–Crippen MR) is 77.2 cm³/mol. The molecule has 0 atom stereocenters. The summed E-state index contributed by atoms with van der Waals surface area (Å²) in [5.41, 5.74) is 13.5. The predicted octanol–water partition coefficient (Wildman–Crippen LogP) is 1.18. The molecule has 0 spiro atoms. The number of carbonyl (C=O) groups excluding carboxylic acids is 1. The number of ether oxygens (including phenoxy) is 1. The lowest BCUT2D eigenvalue weighted by atomic mass is 10.1. The number of nitrogens with two attached hydrogens (primary N) is 2. The van der Waals surface area contributed by atoms with Gasteiger partial charge in [0.05, 0.1) is 12.7 Å². The smallest absolute Gasteiger partial charge is 0.253 e. The maximum absolute atomic E-state index is 12.0. The largest absolute Gasteiger partial charge is 0.481 e. The number of pyridine rings is 1. The monoisotopic (exact) mass is 272 g/mol. The van der Waals surface area contributed by atoms with Crippen LogP contribution in [0.25, 0.3) is 0 Å². The molecule has 1 amide bonds. The van der Waals surface area contributed by atoms with Gasteiger partial charge >= 0.3 is 0 Å². The lowest BCUT2D eigenvalue weighted by Crippen LogP contribution is -2.23. The van der Waals surface area contributed by atoms with Crippen molar-refractivity contribution >= 4 is 17.3 Å². The van der Waals surface area contributed by atoms with Crippen molar-refractivity contribution in [1.29, 1.82) is 0 Å². The van der Waals surface area contributed by atoms with Gasteiger partial charge in [0.2, 0.25) is 5.88 Å². The van der Waals surface area contributed by atoms with Gasteiger partial charge in [0.15, 0.2) is 0 Å². The highest BCUT2D eigenvalue weighted by Gasteiger charge is 2.09. The van der Waals surface area contributed by atoms with Gasteiger partial charge in [-0.25, -0.2) is 4.98 Å². The Bertz CT molecular complexity index is 628. The van der Waals surface area contributed by atoms with Crippen molar-refractivity contribution < 1.29 is 9.53 Å². The second-order valence-corrected chi connectivity index (χ2v) is 4.24. The summed E-state index contributed by atoms with van der Waals surface area (Å²) >= 11 is 0. The van der Waals surface area contributed by atoms with Crippen LogP contribution < -0.4 is 21.5 Å². The average Bonchev–Trinajstić information content (AvgIpc) is 2.45. The van der Waals surface area contributed by atoms with Crippen molar-refractivity contribution in [2.75, 3.05) is 18.6 Å². The Labute approximate surface area is 116 Å². The molecule has 20 heavy (non-hydrogen) atoms. The second kappa shape index (κ2) is 5.92. The average molecular weight is 272 g/mol. The Hall–Kier alpha value is -2.76. The van der Waals surface area contributed by atoms with Crippen LogP contribution in [0.3, 0.4) is 0 Å². The van der Waals surface area contributed by atoms with Gasteiger partial charge in [0, 0.05) is 30.2 Å². The lowest BCUT2D eigenvalue weighted by Gasteiger charge is -2.08. The highest BCUT2D eigenvalue weighted by atomic mass is 16.5. The minimum absolute atomic E-state index is 0.252. The molecule has 6 nitrogen and oxygen atoms in total. The number of nitrogens with one attached hydrogen (secondary N) is 1. The fourth-order valence-electron chi connectivity index (χ4n) is 1.74. The van der Waals surface area contributed by atoms with Crippen LogP contribution in [0.4, 0.5) is 11.4 Å². The van der Waals surface area contributed by atoms with Crippen LogP contribution in [0, 0.1) is 0 Å². The van der Waals surface area contributed by atoms with Gasteiger partial charge in [-0.3, -0.25) is 4.79 Å². The molecule has 5 N–H and O–H groups in total. The third-order valence-corrected chi connectivity index (χ3v) is 2.78. The molecule has 0 aliphatic rings. The molecule has 104 valence electrons. The first-order valence-corrected chi connectivity index (χ1v) is 6.02. The molecule has 0 saturated carbocycles. The highest BCUT2D eigenvalue weighted by molar-refractivity contribution is 5.99.